The van der Waals surface area contributed by atoms with Gasteiger partial charge in [0.15, 0.2) is 0 Å². The number of aliphatic hydroxyl groups is 1. The molecule has 0 spiro atoms. The summed E-state index contributed by atoms with van der Waals surface area (Å²) in [5, 5.41) is 29.4. The summed E-state index contributed by atoms with van der Waals surface area (Å²) in [6.07, 6.45) is 0.0665. The lowest BCUT2D eigenvalue weighted by molar-refractivity contribution is -0.150. The van der Waals surface area contributed by atoms with Gasteiger partial charge in [-0.25, -0.2) is 9.18 Å². The molecular weight excluding hydrogens is 369 g/mol. The molecule has 0 saturated carbocycles. The molecule has 2 rings (SSSR count). The number of rotatable bonds is 8. The van der Waals surface area contributed by atoms with Crippen molar-refractivity contribution in [1.29, 1.82) is 0 Å². The van der Waals surface area contributed by atoms with Gasteiger partial charge in [0.25, 0.3) is 0 Å². The Balaban J connectivity index is 2.15. The van der Waals surface area contributed by atoms with Crippen LogP contribution in [0.4, 0.5) is 4.39 Å². The Morgan fingerprint density at radius 1 is 0.929 bits per heavy atom. The number of hydrogen-bond donors (Lipinski definition) is 4. The van der Waals surface area contributed by atoms with Gasteiger partial charge in [-0.15, -0.1) is 0 Å². The van der Waals surface area contributed by atoms with Crippen LogP contribution in [0, 0.1) is 11.7 Å². The Morgan fingerprint density at radius 3 is 1.93 bits per heavy atom. The number of benzene rings is 2. The van der Waals surface area contributed by atoms with Crippen molar-refractivity contribution in [2.45, 2.75) is 18.9 Å². The number of carbonyl (C=O) groups is 3. The van der Waals surface area contributed by atoms with E-state index in [9.17, 15) is 23.9 Å². The van der Waals surface area contributed by atoms with Crippen LogP contribution in [0.1, 0.15) is 12.0 Å². The van der Waals surface area contributed by atoms with E-state index >= 15 is 0 Å². The summed E-state index contributed by atoms with van der Waals surface area (Å²) in [6, 6.07) is 12.3. The Morgan fingerprint density at radius 2 is 1.46 bits per heavy atom. The topological polar surface area (TPSA) is 124 Å². The Kier molecular flexibility index (Phi) is 7.22. The van der Waals surface area contributed by atoms with Gasteiger partial charge in [-0.05, 0) is 41.7 Å². The third kappa shape index (κ3) is 5.88. The van der Waals surface area contributed by atoms with Gasteiger partial charge in [0.05, 0.1) is 12.5 Å². The summed E-state index contributed by atoms with van der Waals surface area (Å²) in [5.41, 5.74) is 2.40. The Labute approximate surface area is 160 Å². The quantitative estimate of drug-likeness (QED) is 0.510. The number of hydrogen-bond acceptors (Lipinski definition) is 4. The molecule has 0 aliphatic heterocycles. The van der Waals surface area contributed by atoms with E-state index in [0.717, 1.165) is 16.7 Å². The standard InChI is InChI=1S/C20H20FNO6/c21-16-7-5-14(6-8-16)13-3-1-12(2-4-13)9-17(22-18(24)20(27)28)10-15(11-23)19(25)26/h1-8,15,17,23H,9-11H2,(H,22,24)(H,25,26)(H,27,28)/t15-,17+/m0/s1. The summed E-state index contributed by atoms with van der Waals surface area (Å²) in [5.74, 6) is -5.61. The first kappa shape index (κ1) is 21.0. The molecular formula is C20H20FNO6. The van der Waals surface area contributed by atoms with Crippen molar-refractivity contribution in [3.8, 4) is 11.1 Å². The van der Waals surface area contributed by atoms with Crippen molar-refractivity contribution in [2.24, 2.45) is 5.92 Å². The molecule has 148 valence electrons. The van der Waals surface area contributed by atoms with Crippen molar-refractivity contribution in [3.05, 3.63) is 59.9 Å². The average Bonchev–Trinajstić information content (AvgIpc) is 2.66. The van der Waals surface area contributed by atoms with E-state index in [4.69, 9.17) is 10.2 Å². The summed E-state index contributed by atoms with van der Waals surface area (Å²) in [7, 11) is 0. The van der Waals surface area contributed by atoms with Crippen LogP contribution in [-0.2, 0) is 20.8 Å². The van der Waals surface area contributed by atoms with Crippen LogP contribution in [-0.4, -0.2) is 45.8 Å². The highest BCUT2D eigenvalue weighted by atomic mass is 19.1. The zero-order valence-corrected chi connectivity index (χ0v) is 14.8. The van der Waals surface area contributed by atoms with Gasteiger partial charge in [-0.2, -0.15) is 0 Å². The fourth-order valence-electron chi connectivity index (χ4n) is 2.80. The molecule has 2 atom stereocenters. The number of aliphatic carboxylic acids is 2. The predicted molar refractivity (Wildman–Crippen MR) is 97.9 cm³/mol. The van der Waals surface area contributed by atoms with E-state index in [1.807, 2.05) is 0 Å². The Hall–Kier alpha value is -3.26. The normalized spacial score (nSPS) is 12.8. The zero-order valence-electron chi connectivity index (χ0n) is 14.8. The van der Waals surface area contributed by atoms with Gasteiger partial charge in [0, 0.05) is 6.04 Å². The van der Waals surface area contributed by atoms with Crippen molar-refractivity contribution >= 4 is 17.8 Å². The van der Waals surface area contributed by atoms with Crippen LogP contribution >= 0.6 is 0 Å². The number of nitrogens with one attached hydrogen (secondary N) is 1. The first-order valence-electron chi connectivity index (χ1n) is 8.52. The molecule has 28 heavy (non-hydrogen) atoms. The fraction of sp³-hybridized carbons (Fsp3) is 0.250. The molecule has 0 radical (unpaired) electrons. The summed E-state index contributed by atoms with van der Waals surface area (Å²) < 4.78 is 13.0. The maximum absolute atomic E-state index is 13.0. The molecule has 0 fully saturated rings. The minimum Gasteiger partial charge on any atom is -0.481 e. The van der Waals surface area contributed by atoms with Crippen molar-refractivity contribution in [2.75, 3.05) is 6.61 Å². The second-order valence-corrected chi connectivity index (χ2v) is 6.34. The SMILES string of the molecule is O=C(O)C(=O)N[C@H](Cc1ccc(-c2ccc(F)cc2)cc1)C[C@@H](CO)C(=O)O. The maximum Gasteiger partial charge on any atom is 0.394 e. The highest BCUT2D eigenvalue weighted by Gasteiger charge is 2.25. The minimum atomic E-state index is -1.67. The highest BCUT2D eigenvalue weighted by Crippen LogP contribution is 2.21. The third-order valence-electron chi connectivity index (χ3n) is 4.28. The summed E-state index contributed by atoms with van der Waals surface area (Å²) in [6.45, 7) is -0.627. The Bertz CT molecular complexity index is 835. The molecule has 0 heterocycles. The second-order valence-electron chi connectivity index (χ2n) is 6.34. The van der Waals surface area contributed by atoms with Crippen LogP contribution in [0.15, 0.2) is 48.5 Å². The molecule has 0 aliphatic carbocycles. The molecule has 2 aromatic rings. The van der Waals surface area contributed by atoms with Crippen molar-refractivity contribution < 1.29 is 34.1 Å². The lowest BCUT2D eigenvalue weighted by Crippen LogP contribution is -2.42. The summed E-state index contributed by atoms with van der Waals surface area (Å²) >= 11 is 0. The summed E-state index contributed by atoms with van der Waals surface area (Å²) in [4.78, 5) is 33.4. The van der Waals surface area contributed by atoms with Gasteiger partial charge in [-0.3, -0.25) is 9.59 Å². The lowest BCUT2D eigenvalue weighted by atomic mass is 9.94. The van der Waals surface area contributed by atoms with E-state index in [2.05, 4.69) is 5.32 Å². The maximum atomic E-state index is 13.0. The second kappa shape index (κ2) is 9.61. The molecule has 8 heteroatoms. The fourth-order valence-corrected chi connectivity index (χ4v) is 2.80. The van der Waals surface area contributed by atoms with Crippen LogP contribution in [0.25, 0.3) is 11.1 Å². The number of carboxylic acids is 2. The molecule has 0 aromatic heterocycles. The number of amides is 1. The molecule has 7 nitrogen and oxygen atoms in total. The monoisotopic (exact) mass is 389 g/mol. The highest BCUT2D eigenvalue weighted by molar-refractivity contribution is 6.31. The molecule has 0 aliphatic rings. The zero-order chi connectivity index (χ0) is 20.7. The van der Waals surface area contributed by atoms with Crippen LogP contribution in [0.5, 0.6) is 0 Å². The van der Waals surface area contributed by atoms with Gasteiger partial charge in [0.2, 0.25) is 0 Å². The van der Waals surface area contributed by atoms with Gasteiger partial charge in [0.1, 0.15) is 5.82 Å². The predicted octanol–water partition coefficient (Wildman–Crippen LogP) is 1.69. The van der Waals surface area contributed by atoms with Crippen molar-refractivity contribution in [1.82, 2.24) is 5.32 Å². The average molecular weight is 389 g/mol. The largest absolute Gasteiger partial charge is 0.481 e. The van der Waals surface area contributed by atoms with Crippen LogP contribution < -0.4 is 5.32 Å². The molecule has 1 amide bonds. The van der Waals surface area contributed by atoms with E-state index in [1.54, 1.807) is 36.4 Å². The van der Waals surface area contributed by atoms with Gasteiger partial charge in [-0.1, -0.05) is 36.4 Å². The van der Waals surface area contributed by atoms with Crippen LogP contribution in [0.2, 0.25) is 0 Å². The molecule has 0 saturated heterocycles. The number of halogens is 1. The molecule has 0 bridgehead atoms. The number of carbonyl (C=O) groups excluding carboxylic acids is 1. The smallest absolute Gasteiger partial charge is 0.394 e. The van der Waals surface area contributed by atoms with Gasteiger partial charge >= 0.3 is 17.8 Å². The number of aliphatic hydroxyl groups excluding tert-OH is 1. The molecule has 0 unspecified atom stereocenters. The molecule has 4 N–H and O–H groups in total. The first-order valence-corrected chi connectivity index (χ1v) is 8.52. The van der Waals surface area contributed by atoms with Crippen molar-refractivity contribution in [3.63, 3.8) is 0 Å². The number of carboxylic acid groups (broad SMARTS) is 2. The van der Waals surface area contributed by atoms with E-state index in [0.29, 0.717) is 0 Å². The van der Waals surface area contributed by atoms with Gasteiger partial charge < -0.3 is 20.6 Å². The first-order chi connectivity index (χ1) is 13.3. The van der Waals surface area contributed by atoms with E-state index in [1.165, 1.54) is 12.1 Å². The molecule has 2 aromatic carbocycles. The van der Waals surface area contributed by atoms with E-state index < -0.39 is 36.4 Å². The van der Waals surface area contributed by atoms with E-state index in [-0.39, 0.29) is 18.7 Å². The lowest BCUT2D eigenvalue weighted by Gasteiger charge is -2.21. The third-order valence-corrected chi connectivity index (χ3v) is 4.28. The van der Waals surface area contributed by atoms with Crippen LogP contribution in [0.3, 0.4) is 0 Å². The minimum absolute atomic E-state index is 0.120.